The van der Waals surface area contributed by atoms with Crippen molar-refractivity contribution in [2.45, 2.75) is 12.8 Å². The molecule has 36 heavy (non-hydrogen) atoms. The van der Waals surface area contributed by atoms with E-state index in [1.807, 2.05) is 48.5 Å². The zero-order valence-electron chi connectivity index (χ0n) is 19.9. The van der Waals surface area contributed by atoms with E-state index < -0.39 is 6.09 Å². The quantitative estimate of drug-likeness (QED) is 0.325. The molecule has 2 aromatic heterocycles. The summed E-state index contributed by atoms with van der Waals surface area (Å²) in [4.78, 5) is 31.4. The van der Waals surface area contributed by atoms with Crippen LogP contribution in [0.2, 0.25) is 0 Å². The number of aromatic nitrogens is 2. The predicted octanol–water partition coefficient (Wildman–Crippen LogP) is 5.80. The van der Waals surface area contributed by atoms with Gasteiger partial charge in [0.1, 0.15) is 0 Å². The van der Waals surface area contributed by atoms with Gasteiger partial charge in [0.2, 0.25) is 0 Å². The highest BCUT2D eigenvalue weighted by atomic mass is 16.5. The van der Waals surface area contributed by atoms with E-state index in [1.165, 1.54) is 11.1 Å². The lowest BCUT2D eigenvalue weighted by atomic mass is 9.99. The Morgan fingerprint density at radius 1 is 0.889 bits per heavy atom. The average Bonchev–Trinajstić information content (AvgIpc) is 3.26. The molecule has 3 aromatic carbocycles. The minimum atomic E-state index is -0.427. The van der Waals surface area contributed by atoms with Crippen molar-refractivity contribution in [3.63, 3.8) is 0 Å². The Hall–Kier alpha value is -4.16. The van der Waals surface area contributed by atoms with Crippen LogP contribution in [0.3, 0.4) is 0 Å². The van der Waals surface area contributed by atoms with Gasteiger partial charge in [-0.2, -0.15) is 0 Å². The normalized spacial score (nSPS) is 14.4. The number of ether oxygens (including phenoxy) is 1. The number of pyridine rings is 1. The van der Waals surface area contributed by atoms with Gasteiger partial charge in [-0.25, -0.2) is 9.36 Å². The summed E-state index contributed by atoms with van der Waals surface area (Å²) in [6, 6.07) is 25.5. The first-order valence-corrected chi connectivity index (χ1v) is 12.4. The van der Waals surface area contributed by atoms with Crippen molar-refractivity contribution in [3.8, 4) is 0 Å². The molecule has 180 valence electrons. The van der Waals surface area contributed by atoms with Crippen LogP contribution < -0.4 is 5.56 Å². The monoisotopic (exact) mass is 477 g/mol. The molecule has 1 N–H and O–H groups in total. The summed E-state index contributed by atoms with van der Waals surface area (Å²) < 4.78 is 7.35. The van der Waals surface area contributed by atoms with E-state index in [0.29, 0.717) is 23.0 Å². The number of carbonyl (C=O) groups is 1. The van der Waals surface area contributed by atoms with E-state index in [-0.39, 0.29) is 5.56 Å². The summed E-state index contributed by atoms with van der Waals surface area (Å²) in [5.74, 6) is 0. The molecule has 1 aliphatic heterocycles. The van der Waals surface area contributed by atoms with Crippen LogP contribution in [0.5, 0.6) is 0 Å². The van der Waals surface area contributed by atoms with Crippen molar-refractivity contribution in [3.05, 3.63) is 101 Å². The number of nitrogens with zero attached hydrogens (tertiary/aromatic N) is 2. The molecule has 6 heteroatoms. The largest absolute Gasteiger partial charge is 0.449 e. The van der Waals surface area contributed by atoms with E-state index in [0.717, 1.165) is 48.8 Å². The van der Waals surface area contributed by atoms with Gasteiger partial charge in [-0.15, -0.1) is 0 Å². The third kappa shape index (κ3) is 3.99. The molecule has 0 atom stereocenters. The molecule has 3 heterocycles. The molecule has 6 nitrogen and oxygen atoms in total. The molecule has 0 unspecified atom stereocenters. The highest BCUT2D eigenvalue weighted by Gasteiger charge is 2.21. The van der Waals surface area contributed by atoms with Crippen molar-refractivity contribution in [2.24, 2.45) is 0 Å². The smallest absolute Gasteiger partial charge is 0.419 e. The molecule has 0 aliphatic carbocycles. The van der Waals surface area contributed by atoms with E-state index in [9.17, 15) is 9.59 Å². The summed E-state index contributed by atoms with van der Waals surface area (Å²) in [5.41, 5.74) is 4.58. The number of benzene rings is 3. The number of hydrogen-bond donors (Lipinski definition) is 1. The fourth-order valence-corrected chi connectivity index (χ4v) is 5.22. The fourth-order valence-electron chi connectivity index (χ4n) is 5.22. The number of nitrogens with one attached hydrogen (secondary N) is 1. The molecular weight excluding hydrogens is 450 g/mol. The van der Waals surface area contributed by atoms with Gasteiger partial charge in [0.05, 0.1) is 23.2 Å². The number of fused-ring (bicyclic) bond motifs is 5. The van der Waals surface area contributed by atoms with Crippen LogP contribution in [0.15, 0.2) is 89.7 Å². The highest BCUT2D eigenvalue weighted by Crippen LogP contribution is 2.31. The van der Waals surface area contributed by atoms with E-state index >= 15 is 0 Å². The van der Waals surface area contributed by atoms with Gasteiger partial charge < -0.3 is 9.72 Å². The summed E-state index contributed by atoms with van der Waals surface area (Å²) >= 11 is 0. The van der Waals surface area contributed by atoms with Crippen LogP contribution in [0.1, 0.15) is 18.4 Å². The highest BCUT2D eigenvalue weighted by molar-refractivity contribution is 6.18. The number of para-hydroxylation sites is 1. The van der Waals surface area contributed by atoms with E-state index in [1.54, 1.807) is 10.6 Å². The number of H-pyrrole nitrogens is 1. The second-order valence-corrected chi connectivity index (χ2v) is 9.19. The molecule has 1 aliphatic rings. The number of rotatable bonds is 5. The van der Waals surface area contributed by atoms with E-state index in [4.69, 9.17) is 4.74 Å². The molecule has 0 fully saturated rings. The lowest BCUT2D eigenvalue weighted by Crippen LogP contribution is -2.30. The summed E-state index contributed by atoms with van der Waals surface area (Å²) in [7, 11) is 0. The van der Waals surface area contributed by atoms with Crippen molar-refractivity contribution >= 4 is 44.4 Å². The Morgan fingerprint density at radius 3 is 2.39 bits per heavy atom. The van der Waals surface area contributed by atoms with Gasteiger partial charge in [-0.1, -0.05) is 72.8 Å². The first-order valence-electron chi connectivity index (χ1n) is 12.4. The Morgan fingerprint density at radius 2 is 1.61 bits per heavy atom. The predicted molar refractivity (Wildman–Crippen MR) is 144 cm³/mol. The van der Waals surface area contributed by atoms with Crippen LogP contribution in [-0.4, -0.2) is 46.8 Å². The molecule has 0 saturated heterocycles. The van der Waals surface area contributed by atoms with Crippen LogP contribution in [0, 0.1) is 0 Å². The first kappa shape index (κ1) is 22.3. The fraction of sp³-hybridized carbons (Fsp3) is 0.200. The van der Waals surface area contributed by atoms with Crippen LogP contribution in [-0.2, 0) is 4.74 Å². The molecule has 0 spiro atoms. The first-order chi connectivity index (χ1) is 17.7. The van der Waals surface area contributed by atoms with E-state index in [2.05, 4.69) is 40.2 Å². The molecule has 0 radical (unpaired) electrons. The zero-order valence-corrected chi connectivity index (χ0v) is 19.9. The van der Waals surface area contributed by atoms with Crippen LogP contribution in [0.25, 0.3) is 38.3 Å². The van der Waals surface area contributed by atoms with Gasteiger partial charge in [0, 0.05) is 35.8 Å². The maximum absolute atomic E-state index is 13.3. The standard InChI is InChI=1S/C30H27N3O3/c34-29-24-12-5-4-11-23(24)28-27(31-29)25-13-6-7-14-26(25)33(28)30(35)36-20-8-17-32-18-15-22(16-19-32)21-9-2-1-3-10-21/h1-7,9-15H,8,16-20H2,(H,31,34). The second-order valence-electron chi connectivity index (χ2n) is 9.19. The maximum atomic E-state index is 13.3. The molecule has 0 amide bonds. The maximum Gasteiger partial charge on any atom is 0.419 e. The second kappa shape index (κ2) is 9.47. The lowest BCUT2D eigenvalue weighted by molar-refractivity contribution is 0.142. The van der Waals surface area contributed by atoms with Crippen molar-refractivity contribution in [2.75, 3.05) is 26.2 Å². The van der Waals surface area contributed by atoms with Crippen molar-refractivity contribution in [1.82, 2.24) is 14.5 Å². The summed E-state index contributed by atoms with van der Waals surface area (Å²) in [5, 5.41) is 2.11. The topological polar surface area (TPSA) is 67.3 Å². The van der Waals surface area contributed by atoms with Gasteiger partial charge in [0.25, 0.3) is 5.56 Å². The van der Waals surface area contributed by atoms with Crippen molar-refractivity contribution < 1.29 is 9.53 Å². The summed E-state index contributed by atoms with van der Waals surface area (Å²) in [6.45, 7) is 3.11. The Balaban J connectivity index is 1.18. The molecule has 6 rings (SSSR count). The molecule has 0 bridgehead atoms. The molecule has 0 saturated carbocycles. The molecular formula is C30H27N3O3. The van der Waals surface area contributed by atoms with Crippen LogP contribution in [0.4, 0.5) is 4.79 Å². The van der Waals surface area contributed by atoms with Crippen LogP contribution >= 0.6 is 0 Å². The minimum Gasteiger partial charge on any atom is -0.449 e. The Bertz CT molecular complexity index is 1660. The molecule has 5 aromatic rings. The average molecular weight is 478 g/mol. The van der Waals surface area contributed by atoms with Gasteiger partial charge in [-0.05, 0) is 36.1 Å². The van der Waals surface area contributed by atoms with Gasteiger partial charge in [-0.3, -0.25) is 9.69 Å². The Labute approximate surface area is 208 Å². The van der Waals surface area contributed by atoms with Crippen molar-refractivity contribution in [1.29, 1.82) is 0 Å². The zero-order chi connectivity index (χ0) is 24.5. The number of aromatic amines is 1. The van der Waals surface area contributed by atoms with Gasteiger partial charge in [0.15, 0.2) is 0 Å². The number of hydrogen-bond acceptors (Lipinski definition) is 4. The lowest BCUT2D eigenvalue weighted by Gasteiger charge is -2.26. The minimum absolute atomic E-state index is 0.166. The SMILES string of the molecule is O=C(OCCCN1CC=C(c2ccccc2)CC1)n1c2ccccc2c2[nH]c(=O)c3ccccc3c21. The number of carbonyl (C=O) groups excluding carboxylic acids is 1. The van der Waals surface area contributed by atoms with Gasteiger partial charge >= 0.3 is 6.09 Å². The Kier molecular flexibility index (Phi) is 5.87. The third-order valence-corrected chi connectivity index (χ3v) is 7.00. The third-order valence-electron chi connectivity index (χ3n) is 7.00. The summed E-state index contributed by atoms with van der Waals surface area (Å²) in [6.07, 6.45) is 3.66.